The zero-order chi connectivity index (χ0) is 15.5. The highest BCUT2D eigenvalue weighted by atomic mass is 16.1. The zero-order valence-corrected chi connectivity index (χ0v) is 14.4. The molecule has 0 radical (unpaired) electrons. The van der Waals surface area contributed by atoms with E-state index in [-0.39, 0.29) is 11.7 Å². The maximum atomic E-state index is 11.6. The Morgan fingerprint density at radius 2 is 1.65 bits per heavy atom. The summed E-state index contributed by atoms with van der Waals surface area (Å²) in [5, 5.41) is 0. The van der Waals surface area contributed by atoms with E-state index in [1.165, 1.54) is 25.7 Å². The van der Waals surface area contributed by atoms with E-state index in [0.717, 1.165) is 23.8 Å². The van der Waals surface area contributed by atoms with E-state index in [1.54, 1.807) is 6.08 Å². The average Bonchev–Trinajstić information content (AvgIpc) is 2.38. The Labute approximate surface area is 126 Å². The number of rotatable bonds is 10. The topological polar surface area (TPSA) is 17.1 Å². The fourth-order valence-corrected chi connectivity index (χ4v) is 2.06. The van der Waals surface area contributed by atoms with E-state index in [0.29, 0.717) is 0 Å². The summed E-state index contributed by atoms with van der Waals surface area (Å²) < 4.78 is 0. The van der Waals surface area contributed by atoms with Gasteiger partial charge in [0.15, 0.2) is 5.78 Å². The van der Waals surface area contributed by atoms with Gasteiger partial charge in [-0.05, 0) is 36.8 Å². The van der Waals surface area contributed by atoms with E-state index in [4.69, 9.17) is 0 Å². The van der Waals surface area contributed by atoms with Crippen molar-refractivity contribution in [2.24, 2.45) is 17.8 Å². The summed E-state index contributed by atoms with van der Waals surface area (Å²) in [7, 11) is 0. The molecule has 0 aliphatic rings. The molecule has 0 aromatic heterocycles. The van der Waals surface area contributed by atoms with E-state index in [1.807, 2.05) is 20.8 Å². The first-order valence-electron chi connectivity index (χ1n) is 8.25. The smallest absolute Gasteiger partial charge is 0.158 e. The van der Waals surface area contributed by atoms with E-state index >= 15 is 0 Å². The van der Waals surface area contributed by atoms with Crippen molar-refractivity contribution in [2.45, 2.75) is 73.6 Å². The van der Waals surface area contributed by atoms with Gasteiger partial charge in [0.05, 0.1) is 0 Å². The summed E-state index contributed by atoms with van der Waals surface area (Å²) in [6.45, 7) is 12.8. The number of ketones is 1. The van der Waals surface area contributed by atoms with Gasteiger partial charge in [0, 0.05) is 5.92 Å². The van der Waals surface area contributed by atoms with Crippen LogP contribution in [0.25, 0.3) is 0 Å². The zero-order valence-electron chi connectivity index (χ0n) is 14.4. The lowest BCUT2D eigenvalue weighted by atomic mass is 9.95. The van der Waals surface area contributed by atoms with E-state index in [9.17, 15) is 4.79 Å². The minimum absolute atomic E-state index is 0.0952. The molecule has 0 saturated carbocycles. The van der Waals surface area contributed by atoms with Crippen LogP contribution in [0.2, 0.25) is 0 Å². The SMILES string of the molecule is CCC(C)CCCC(C)CC=CC(C)=CC(=O)C(C)C. The van der Waals surface area contributed by atoms with Gasteiger partial charge in [-0.15, -0.1) is 0 Å². The highest BCUT2D eigenvalue weighted by Gasteiger charge is 2.04. The number of carbonyl (C=O) groups is 1. The van der Waals surface area contributed by atoms with Crippen molar-refractivity contribution in [2.75, 3.05) is 0 Å². The molecule has 0 aromatic carbocycles. The van der Waals surface area contributed by atoms with Crippen LogP contribution in [0.4, 0.5) is 0 Å². The lowest BCUT2D eigenvalue weighted by Crippen LogP contribution is -2.02. The largest absolute Gasteiger partial charge is 0.295 e. The molecule has 0 bridgehead atoms. The molecule has 0 amide bonds. The third kappa shape index (κ3) is 10.00. The Bertz CT molecular complexity index is 323. The summed E-state index contributed by atoms with van der Waals surface area (Å²) >= 11 is 0. The van der Waals surface area contributed by atoms with Crippen molar-refractivity contribution >= 4 is 5.78 Å². The summed E-state index contributed by atoms with van der Waals surface area (Å²) in [5.74, 6) is 1.92. The average molecular weight is 278 g/mol. The Kier molecular flexibility index (Phi) is 10.4. The molecule has 0 heterocycles. The summed E-state index contributed by atoms with van der Waals surface area (Å²) in [5.41, 5.74) is 1.07. The normalized spacial score (nSPS) is 15.8. The van der Waals surface area contributed by atoms with Crippen LogP contribution in [0.3, 0.4) is 0 Å². The highest BCUT2D eigenvalue weighted by molar-refractivity contribution is 5.92. The predicted molar refractivity (Wildman–Crippen MR) is 89.8 cm³/mol. The van der Waals surface area contributed by atoms with Crippen molar-refractivity contribution in [3.05, 3.63) is 23.8 Å². The Hall–Kier alpha value is -0.850. The number of hydrogen-bond donors (Lipinski definition) is 0. The summed E-state index contributed by atoms with van der Waals surface area (Å²) in [6.07, 6.45) is 12.5. The van der Waals surface area contributed by atoms with Crippen LogP contribution < -0.4 is 0 Å². The minimum atomic E-state index is 0.0952. The van der Waals surface area contributed by atoms with Gasteiger partial charge >= 0.3 is 0 Å². The molecule has 2 unspecified atom stereocenters. The second-order valence-electron chi connectivity index (χ2n) is 6.63. The number of carbonyl (C=O) groups excluding carboxylic acids is 1. The Morgan fingerprint density at radius 1 is 1.05 bits per heavy atom. The molecular formula is C19H34O. The van der Waals surface area contributed by atoms with Crippen LogP contribution in [0.5, 0.6) is 0 Å². The second kappa shape index (κ2) is 10.9. The molecule has 116 valence electrons. The number of allylic oxidation sites excluding steroid dienone is 4. The lowest BCUT2D eigenvalue weighted by molar-refractivity contribution is -0.117. The van der Waals surface area contributed by atoms with Gasteiger partial charge in [0.1, 0.15) is 0 Å². The van der Waals surface area contributed by atoms with Gasteiger partial charge in [-0.3, -0.25) is 4.79 Å². The molecule has 2 atom stereocenters. The molecule has 1 heteroatoms. The van der Waals surface area contributed by atoms with Gasteiger partial charge < -0.3 is 0 Å². The molecule has 0 spiro atoms. The lowest BCUT2D eigenvalue weighted by Gasteiger charge is -2.11. The van der Waals surface area contributed by atoms with Crippen molar-refractivity contribution in [1.82, 2.24) is 0 Å². The van der Waals surface area contributed by atoms with Gasteiger partial charge in [-0.2, -0.15) is 0 Å². The predicted octanol–water partition coefficient (Wildman–Crippen LogP) is 5.96. The molecule has 0 fully saturated rings. The van der Waals surface area contributed by atoms with Gasteiger partial charge in [-0.25, -0.2) is 0 Å². The Balaban J connectivity index is 3.96. The fraction of sp³-hybridized carbons (Fsp3) is 0.737. The molecule has 0 saturated heterocycles. The van der Waals surface area contributed by atoms with Gasteiger partial charge in [-0.1, -0.05) is 72.5 Å². The molecule has 0 aromatic rings. The van der Waals surface area contributed by atoms with Crippen molar-refractivity contribution in [1.29, 1.82) is 0 Å². The van der Waals surface area contributed by atoms with Crippen molar-refractivity contribution in [3.8, 4) is 0 Å². The fourth-order valence-electron chi connectivity index (χ4n) is 2.06. The van der Waals surface area contributed by atoms with Crippen LogP contribution in [-0.2, 0) is 4.79 Å². The van der Waals surface area contributed by atoms with Crippen LogP contribution >= 0.6 is 0 Å². The second-order valence-corrected chi connectivity index (χ2v) is 6.63. The summed E-state index contributed by atoms with van der Waals surface area (Å²) in [6, 6.07) is 0. The van der Waals surface area contributed by atoms with Crippen LogP contribution in [0.1, 0.15) is 73.6 Å². The molecule has 0 N–H and O–H groups in total. The monoisotopic (exact) mass is 278 g/mol. The molecular weight excluding hydrogens is 244 g/mol. The van der Waals surface area contributed by atoms with Crippen LogP contribution in [0.15, 0.2) is 23.8 Å². The van der Waals surface area contributed by atoms with Crippen LogP contribution in [-0.4, -0.2) is 5.78 Å². The summed E-state index contributed by atoms with van der Waals surface area (Å²) in [4.78, 5) is 11.6. The minimum Gasteiger partial charge on any atom is -0.295 e. The molecule has 20 heavy (non-hydrogen) atoms. The first kappa shape index (κ1) is 19.1. The first-order valence-corrected chi connectivity index (χ1v) is 8.25. The molecule has 0 rings (SSSR count). The highest BCUT2D eigenvalue weighted by Crippen LogP contribution is 2.17. The molecule has 0 aliphatic heterocycles. The third-order valence-electron chi connectivity index (χ3n) is 3.95. The maximum absolute atomic E-state index is 11.6. The number of hydrogen-bond acceptors (Lipinski definition) is 1. The standard InChI is InChI=1S/C19H34O/c1-7-16(4)10-8-11-17(5)12-9-13-18(6)14-19(20)15(2)3/h9,13-17H,7-8,10-12H2,1-6H3. The Morgan fingerprint density at radius 3 is 2.20 bits per heavy atom. The first-order chi connectivity index (χ1) is 9.36. The quantitative estimate of drug-likeness (QED) is 0.356. The van der Waals surface area contributed by atoms with E-state index < -0.39 is 0 Å². The van der Waals surface area contributed by atoms with Crippen LogP contribution in [0, 0.1) is 17.8 Å². The van der Waals surface area contributed by atoms with E-state index in [2.05, 4.69) is 32.9 Å². The van der Waals surface area contributed by atoms with Gasteiger partial charge in [0.2, 0.25) is 0 Å². The molecule has 1 nitrogen and oxygen atoms in total. The van der Waals surface area contributed by atoms with Gasteiger partial charge in [0.25, 0.3) is 0 Å². The molecule has 0 aliphatic carbocycles. The maximum Gasteiger partial charge on any atom is 0.158 e. The van der Waals surface area contributed by atoms with Crippen molar-refractivity contribution < 1.29 is 4.79 Å². The third-order valence-corrected chi connectivity index (χ3v) is 3.95. The van der Waals surface area contributed by atoms with Crippen molar-refractivity contribution in [3.63, 3.8) is 0 Å².